The molecule has 0 spiro atoms. The van der Waals surface area contributed by atoms with Crippen molar-refractivity contribution in [3.8, 4) is 5.75 Å². The molecule has 0 bridgehead atoms. The van der Waals surface area contributed by atoms with Gasteiger partial charge in [-0.15, -0.1) is 0 Å². The Hall–Kier alpha value is -1.71. The number of methoxy groups -OCH3 is 1. The Kier molecular flexibility index (Phi) is 2.99. The van der Waals surface area contributed by atoms with Gasteiger partial charge < -0.3 is 15.0 Å². The van der Waals surface area contributed by atoms with Crippen LogP contribution in [0.25, 0.3) is 0 Å². The molecule has 1 aliphatic rings. The van der Waals surface area contributed by atoms with Crippen LogP contribution in [0.3, 0.4) is 0 Å². The van der Waals surface area contributed by atoms with Crippen LogP contribution in [0.2, 0.25) is 0 Å². The first kappa shape index (κ1) is 10.8. The maximum Gasteiger partial charge on any atom is 0.243 e. The average molecular weight is 220 g/mol. The second kappa shape index (κ2) is 4.43. The molecular formula is C12H16N2O2. The number of benzene rings is 1. The summed E-state index contributed by atoms with van der Waals surface area (Å²) < 4.78 is 5.19. The third-order valence-corrected chi connectivity index (χ3v) is 2.65. The minimum absolute atomic E-state index is 0.0473. The Morgan fingerprint density at radius 2 is 2.31 bits per heavy atom. The molecule has 4 nitrogen and oxygen atoms in total. The van der Waals surface area contributed by atoms with Crippen molar-refractivity contribution < 1.29 is 9.53 Å². The van der Waals surface area contributed by atoms with E-state index in [1.165, 1.54) is 0 Å². The number of carbonyl (C=O) groups is 1. The van der Waals surface area contributed by atoms with Gasteiger partial charge in [0.25, 0.3) is 0 Å². The zero-order chi connectivity index (χ0) is 11.5. The third-order valence-electron chi connectivity index (χ3n) is 2.65. The van der Waals surface area contributed by atoms with Gasteiger partial charge in [-0.1, -0.05) is 6.92 Å². The van der Waals surface area contributed by atoms with Gasteiger partial charge in [-0.05, 0) is 18.6 Å². The molecule has 0 atom stereocenters. The van der Waals surface area contributed by atoms with Crippen LogP contribution in [0, 0.1) is 0 Å². The monoisotopic (exact) mass is 220 g/mol. The summed E-state index contributed by atoms with van der Waals surface area (Å²) in [6, 6.07) is 5.70. The number of nitrogens with one attached hydrogen (secondary N) is 1. The highest BCUT2D eigenvalue weighted by Gasteiger charge is 2.21. The van der Waals surface area contributed by atoms with Crippen LogP contribution in [0.5, 0.6) is 5.75 Å². The van der Waals surface area contributed by atoms with Crippen LogP contribution < -0.4 is 15.0 Å². The molecule has 0 saturated heterocycles. The van der Waals surface area contributed by atoms with Gasteiger partial charge in [-0.25, -0.2) is 0 Å². The molecule has 1 aliphatic heterocycles. The Morgan fingerprint density at radius 1 is 1.50 bits per heavy atom. The molecule has 0 aromatic heterocycles. The number of fused-ring (bicyclic) bond motifs is 1. The lowest BCUT2D eigenvalue weighted by Crippen LogP contribution is -2.38. The van der Waals surface area contributed by atoms with E-state index in [-0.39, 0.29) is 5.91 Å². The number of hydrogen-bond acceptors (Lipinski definition) is 3. The number of nitrogens with zero attached hydrogens (tertiary/aromatic N) is 1. The van der Waals surface area contributed by atoms with E-state index in [4.69, 9.17) is 4.74 Å². The number of hydrogen-bond donors (Lipinski definition) is 1. The largest absolute Gasteiger partial charge is 0.497 e. The quantitative estimate of drug-likeness (QED) is 0.845. The molecule has 1 N–H and O–H groups in total. The molecule has 4 heteroatoms. The van der Waals surface area contributed by atoms with Gasteiger partial charge in [-0.3, -0.25) is 4.79 Å². The van der Waals surface area contributed by atoms with Gasteiger partial charge in [0, 0.05) is 12.6 Å². The van der Waals surface area contributed by atoms with Crippen molar-refractivity contribution in [2.24, 2.45) is 0 Å². The molecule has 0 saturated carbocycles. The first-order chi connectivity index (χ1) is 7.74. The number of amides is 1. The van der Waals surface area contributed by atoms with Crippen LogP contribution >= 0.6 is 0 Å². The van der Waals surface area contributed by atoms with Gasteiger partial charge in [0.1, 0.15) is 5.75 Å². The standard InChI is InChI=1S/C12H16N2O2/c1-3-6-14-8-12(15)13-10-5-4-9(16-2)7-11(10)14/h4-5,7H,3,6,8H2,1-2H3,(H,13,15). The first-order valence-corrected chi connectivity index (χ1v) is 5.47. The Bertz CT molecular complexity index is 404. The minimum atomic E-state index is 0.0473. The highest BCUT2D eigenvalue weighted by Crippen LogP contribution is 2.32. The summed E-state index contributed by atoms with van der Waals surface area (Å²) in [5, 5.41) is 2.86. The van der Waals surface area contributed by atoms with E-state index in [9.17, 15) is 4.79 Å². The number of carbonyl (C=O) groups excluding carboxylic acids is 1. The fraction of sp³-hybridized carbons (Fsp3) is 0.417. The second-order valence-electron chi connectivity index (χ2n) is 3.85. The molecule has 1 aromatic carbocycles. The predicted molar refractivity (Wildman–Crippen MR) is 64.1 cm³/mol. The topological polar surface area (TPSA) is 41.6 Å². The Balaban J connectivity index is 2.37. The van der Waals surface area contributed by atoms with E-state index in [2.05, 4.69) is 17.1 Å². The molecule has 1 amide bonds. The van der Waals surface area contributed by atoms with E-state index in [1.807, 2.05) is 18.2 Å². The van der Waals surface area contributed by atoms with Crippen LogP contribution in [-0.4, -0.2) is 26.1 Å². The van der Waals surface area contributed by atoms with Gasteiger partial charge >= 0.3 is 0 Å². The molecule has 0 aliphatic carbocycles. The fourth-order valence-corrected chi connectivity index (χ4v) is 1.92. The Morgan fingerprint density at radius 3 is 3.00 bits per heavy atom. The molecule has 0 radical (unpaired) electrons. The van der Waals surface area contributed by atoms with Crippen molar-refractivity contribution in [1.82, 2.24) is 0 Å². The smallest absolute Gasteiger partial charge is 0.243 e. The van der Waals surface area contributed by atoms with Crippen LogP contribution in [-0.2, 0) is 4.79 Å². The number of rotatable bonds is 3. The molecule has 1 heterocycles. The zero-order valence-corrected chi connectivity index (χ0v) is 9.62. The normalized spacial score (nSPS) is 14.4. The summed E-state index contributed by atoms with van der Waals surface area (Å²) in [6.07, 6.45) is 1.02. The summed E-state index contributed by atoms with van der Waals surface area (Å²) >= 11 is 0. The van der Waals surface area contributed by atoms with Crippen molar-refractivity contribution in [3.05, 3.63) is 18.2 Å². The van der Waals surface area contributed by atoms with Gasteiger partial charge in [0.05, 0.1) is 25.0 Å². The van der Waals surface area contributed by atoms with Gasteiger partial charge in [0.15, 0.2) is 0 Å². The van der Waals surface area contributed by atoms with Gasteiger partial charge in [-0.2, -0.15) is 0 Å². The van der Waals surface area contributed by atoms with E-state index >= 15 is 0 Å². The number of ether oxygens (including phenoxy) is 1. The summed E-state index contributed by atoms with van der Waals surface area (Å²) in [4.78, 5) is 13.6. The molecule has 1 aromatic rings. The van der Waals surface area contributed by atoms with E-state index < -0.39 is 0 Å². The maximum absolute atomic E-state index is 11.5. The second-order valence-corrected chi connectivity index (χ2v) is 3.85. The van der Waals surface area contributed by atoms with Crippen LogP contribution in [0.4, 0.5) is 11.4 Å². The molecule has 0 fully saturated rings. The molecule has 2 rings (SSSR count). The van der Waals surface area contributed by atoms with Crippen molar-refractivity contribution in [3.63, 3.8) is 0 Å². The van der Waals surface area contributed by atoms with Crippen molar-refractivity contribution in [2.75, 3.05) is 30.4 Å². The van der Waals surface area contributed by atoms with Crippen molar-refractivity contribution >= 4 is 17.3 Å². The highest BCUT2D eigenvalue weighted by atomic mass is 16.5. The van der Waals surface area contributed by atoms with E-state index in [1.54, 1.807) is 7.11 Å². The summed E-state index contributed by atoms with van der Waals surface area (Å²) in [5.41, 5.74) is 1.91. The van der Waals surface area contributed by atoms with Crippen molar-refractivity contribution in [1.29, 1.82) is 0 Å². The fourth-order valence-electron chi connectivity index (χ4n) is 1.92. The summed E-state index contributed by atoms with van der Waals surface area (Å²) in [6.45, 7) is 3.41. The van der Waals surface area contributed by atoms with Crippen molar-refractivity contribution in [2.45, 2.75) is 13.3 Å². The third kappa shape index (κ3) is 1.96. The van der Waals surface area contributed by atoms with E-state index in [0.717, 1.165) is 30.1 Å². The Labute approximate surface area is 95.2 Å². The molecule has 16 heavy (non-hydrogen) atoms. The van der Waals surface area contributed by atoms with E-state index in [0.29, 0.717) is 6.54 Å². The lowest BCUT2D eigenvalue weighted by atomic mass is 10.1. The molecule has 86 valence electrons. The zero-order valence-electron chi connectivity index (χ0n) is 9.62. The first-order valence-electron chi connectivity index (χ1n) is 5.47. The summed E-state index contributed by atoms with van der Waals surface area (Å²) in [7, 11) is 1.65. The van der Waals surface area contributed by atoms with Gasteiger partial charge in [0.2, 0.25) is 5.91 Å². The van der Waals surface area contributed by atoms with Crippen LogP contribution in [0.15, 0.2) is 18.2 Å². The average Bonchev–Trinajstić information content (AvgIpc) is 2.29. The molecular weight excluding hydrogens is 204 g/mol. The SMILES string of the molecule is CCCN1CC(=O)Nc2ccc(OC)cc21. The maximum atomic E-state index is 11.5. The number of anilines is 2. The van der Waals surface area contributed by atoms with Crippen LogP contribution in [0.1, 0.15) is 13.3 Å². The molecule has 0 unspecified atom stereocenters. The lowest BCUT2D eigenvalue weighted by molar-refractivity contribution is -0.115. The summed E-state index contributed by atoms with van der Waals surface area (Å²) in [5.74, 6) is 0.863. The highest BCUT2D eigenvalue weighted by molar-refractivity contribution is 6.01. The lowest BCUT2D eigenvalue weighted by Gasteiger charge is -2.30. The predicted octanol–water partition coefficient (Wildman–Crippen LogP) is 1.86. The minimum Gasteiger partial charge on any atom is -0.497 e.